The molecule has 0 nitrogen and oxygen atoms in total. The van der Waals surface area contributed by atoms with Crippen molar-refractivity contribution >= 4 is 209 Å². The summed E-state index contributed by atoms with van der Waals surface area (Å²) in [5.74, 6) is 12.6. The molecule has 0 spiro atoms. The van der Waals surface area contributed by atoms with Crippen LogP contribution in [0.1, 0.15) is 6.42 Å². The van der Waals surface area contributed by atoms with Gasteiger partial charge in [-0.15, -0.1) is 11.8 Å². The van der Waals surface area contributed by atoms with Crippen LogP contribution >= 0.6 is 209 Å². The lowest BCUT2D eigenvalue weighted by Crippen LogP contribution is -2.29. The summed E-state index contributed by atoms with van der Waals surface area (Å²) in [5, 5.41) is 1.76. The molecule has 0 N–H and O–H groups in total. The van der Waals surface area contributed by atoms with Crippen molar-refractivity contribution in [1.29, 1.82) is 0 Å². The lowest BCUT2D eigenvalue weighted by molar-refractivity contribution is 0.522. The Kier molecular flexibility index (Phi) is 71.7. The summed E-state index contributed by atoms with van der Waals surface area (Å²) >= 11 is 56.4. The van der Waals surface area contributed by atoms with Gasteiger partial charge >= 0.3 is 0 Å². The van der Waals surface area contributed by atoms with Crippen LogP contribution in [0.5, 0.6) is 0 Å². The molecule has 0 radical (unpaired) electrons. The highest BCUT2D eigenvalue weighted by Gasteiger charge is 2.22. The summed E-state index contributed by atoms with van der Waals surface area (Å²) in [6.45, 7) is 0. The largest absolute Gasteiger partial charge is 0.179 e. The van der Waals surface area contributed by atoms with Crippen LogP contribution in [0.25, 0.3) is 0 Å². The molecular weight excluding hydrogens is 761 g/mol. The van der Waals surface area contributed by atoms with E-state index in [1.807, 2.05) is 33.3 Å². The van der Waals surface area contributed by atoms with Crippen molar-refractivity contribution in [2.24, 2.45) is 5.41 Å². The van der Waals surface area contributed by atoms with Gasteiger partial charge in [0.25, 0.3) is 0 Å². The van der Waals surface area contributed by atoms with Crippen LogP contribution in [0.2, 0.25) is 0 Å². The minimum atomic E-state index is 0.123. The SMILES string of the molecule is SCC(CS)(CS)CS.SCCC(S)S.SCCSCCS.SCCSSCCS.SCSCS. The van der Waals surface area contributed by atoms with Gasteiger partial charge < -0.3 is 0 Å². The van der Waals surface area contributed by atoms with Crippen molar-refractivity contribution in [3.63, 3.8) is 0 Å². The van der Waals surface area contributed by atoms with E-state index in [2.05, 4.69) is 164 Å². The smallest absolute Gasteiger partial charge is 0.0450 e. The monoisotopic (exact) mass is 806 g/mol. The Labute approximate surface area is 306 Å². The molecule has 0 aliphatic rings. The summed E-state index contributed by atoms with van der Waals surface area (Å²) in [7, 11) is 3.74. The molecule has 0 fully saturated rings. The van der Waals surface area contributed by atoms with Crippen LogP contribution in [0.4, 0.5) is 0 Å². The van der Waals surface area contributed by atoms with Gasteiger partial charge in [-0.25, -0.2) is 0 Å². The van der Waals surface area contributed by atoms with Crippen LogP contribution in [0.15, 0.2) is 0 Å². The van der Waals surface area contributed by atoms with E-state index < -0.39 is 0 Å². The van der Waals surface area contributed by atoms with E-state index >= 15 is 0 Å². The Morgan fingerprint density at radius 1 is 0.457 bits per heavy atom. The Balaban J connectivity index is -0.000000109. The third kappa shape index (κ3) is 56.4. The van der Waals surface area contributed by atoms with Crippen LogP contribution in [0, 0.1) is 5.41 Å². The third-order valence-electron chi connectivity index (χ3n) is 2.82. The highest BCUT2D eigenvalue weighted by molar-refractivity contribution is 8.76. The van der Waals surface area contributed by atoms with Gasteiger partial charge in [-0.05, 0) is 46.7 Å². The molecule has 0 aromatic carbocycles. The van der Waals surface area contributed by atoms with E-state index in [-0.39, 0.29) is 10.00 Å². The average Bonchev–Trinajstić information content (AvgIpc) is 2.86. The predicted octanol–water partition coefficient (Wildman–Crippen LogP) is 8.48. The van der Waals surface area contributed by atoms with Crippen molar-refractivity contribution in [3.8, 4) is 0 Å². The maximum absolute atomic E-state index is 4.19. The number of thiol groups is 13. The van der Waals surface area contributed by atoms with Crippen molar-refractivity contribution in [3.05, 3.63) is 0 Å². The number of hydrogen-bond donors (Lipinski definition) is 13. The van der Waals surface area contributed by atoms with E-state index in [4.69, 9.17) is 0 Å². The molecule has 0 saturated heterocycles. The van der Waals surface area contributed by atoms with Gasteiger partial charge in [0.05, 0.1) is 0 Å². The minimum Gasteiger partial charge on any atom is -0.179 e. The number of thioether (sulfide) groups is 2. The van der Waals surface area contributed by atoms with Crippen molar-refractivity contribution in [2.45, 2.75) is 11.0 Å². The highest BCUT2D eigenvalue weighted by Crippen LogP contribution is 2.23. The highest BCUT2D eigenvalue weighted by atomic mass is 33.1. The molecule has 0 bridgehead atoms. The van der Waals surface area contributed by atoms with Gasteiger partial charge in [0.2, 0.25) is 0 Å². The first-order valence-corrected chi connectivity index (χ1v) is 23.0. The maximum Gasteiger partial charge on any atom is 0.0450 e. The average molecular weight is 808 g/mol. The molecular formula is C18H46S17. The lowest BCUT2D eigenvalue weighted by atomic mass is 9.99. The van der Waals surface area contributed by atoms with E-state index in [1.54, 1.807) is 11.8 Å². The molecule has 0 saturated carbocycles. The Bertz CT molecular complexity index is 279. The molecule has 0 rings (SSSR count). The van der Waals surface area contributed by atoms with Gasteiger partial charge in [-0.1, -0.05) is 21.6 Å². The van der Waals surface area contributed by atoms with Gasteiger partial charge in [-0.2, -0.15) is 176 Å². The van der Waals surface area contributed by atoms with Crippen LogP contribution in [0.3, 0.4) is 0 Å². The van der Waals surface area contributed by atoms with E-state index in [0.717, 1.165) is 91.4 Å². The fraction of sp³-hybridized carbons (Fsp3) is 1.00. The molecule has 0 unspecified atom stereocenters. The fourth-order valence-electron chi connectivity index (χ4n) is 0.880. The fourth-order valence-corrected chi connectivity index (χ4v) is 9.38. The summed E-state index contributed by atoms with van der Waals surface area (Å²) in [6, 6.07) is 0. The molecule has 0 amide bonds. The third-order valence-corrected chi connectivity index (χ3v) is 13.2. The van der Waals surface area contributed by atoms with Crippen molar-refractivity contribution in [1.82, 2.24) is 0 Å². The summed E-state index contributed by atoms with van der Waals surface area (Å²) in [4.78, 5) is 0. The van der Waals surface area contributed by atoms with Crippen molar-refractivity contribution in [2.75, 3.05) is 85.0 Å². The summed E-state index contributed by atoms with van der Waals surface area (Å²) < 4.78 is 0.211. The summed E-state index contributed by atoms with van der Waals surface area (Å²) in [6.07, 6.45) is 0.968. The minimum absolute atomic E-state index is 0.123. The Hall–Kier alpha value is 5.95. The Morgan fingerprint density at radius 3 is 0.914 bits per heavy atom. The topological polar surface area (TPSA) is 0 Å². The second kappa shape index (κ2) is 49.6. The summed E-state index contributed by atoms with van der Waals surface area (Å²) in [5.41, 5.74) is 0.123. The van der Waals surface area contributed by atoms with Gasteiger partial charge in [-0.3, -0.25) is 0 Å². The molecule has 0 heterocycles. The van der Waals surface area contributed by atoms with E-state index in [0.29, 0.717) is 0 Å². The second-order valence-corrected chi connectivity index (χ2v) is 17.3. The molecule has 0 aromatic rings. The van der Waals surface area contributed by atoms with Crippen molar-refractivity contribution < 1.29 is 0 Å². The first-order valence-electron chi connectivity index (χ1n) is 10.2. The van der Waals surface area contributed by atoms with Gasteiger partial charge in [0, 0.05) is 54.7 Å². The quantitative estimate of drug-likeness (QED) is 0.0309. The second-order valence-electron chi connectivity index (χ2n) is 5.74. The standard InChI is InChI=1S/C5H12S4.C4H10S4.C4H10S3.C3H8S3.C2H6S3/c6-1-5(2-7,3-8)4-9;5-1-3-7-8-4-2-6;5-1-3-7-4-2-6;4-2-1-3(5)6;3-1-5-2-4/h6-9H,1-4H2;5-6H,1-4H2;5-6H,1-4H2;3-6H,1-2H2;3-4H,1-2H2. The van der Waals surface area contributed by atoms with Crippen LogP contribution in [-0.2, 0) is 0 Å². The zero-order chi connectivity index (χ0) is 28.2. The first kappa shape index (κ1) is 50.6. The zero-order valence-corrected chi connectivity index (χ0v) is 34.7. The molecule has 35 heavy (non-hydrogen) atoms. The zero-order valence-electron chi connectivity index (χ0n) is 19.8. The maximum atomic E-state index is 4.19. The molecule has 0 aliphatic carbocycles. The first-order chi connectivity index (χ1) is 16.8. The Morgan fingerprint density at radius 2 is 0.800 bits per heavy atom. The predicted molar refractivity (Wildman–Crippen MR) is 231 cm³/mol. The molecule has 220 valence electrons. The normalized spacial score (nSPS) is 10.1. The van der Waals surface area contributed by atoms with E-state index in [1.165, 1.54) is 0 Å². The molecule has 0 atom stereocenters. The molecule has 0 aliphatic heterocycles. The van der Waals surface area contributed by atoms with Gasteiger partial charge in [0.15, 0.2) is 0 Å². The van der Waals surface area contributed by atoms with Crippen LogP contribution in [-0.4, -0.2) is 89.5 Å². The number of rotatable bonds is 17. The van der Waals surface area contributed by atoms with Gasteiger partial charge in [0.1, 0.15) is 0 Å². The molecule has 0 aromatic heterocycles. The van der Waals surface area contributed by atoms with E-state index in [9.17, 15) is 0 Å². The number of hydrogen-bond acceptors (Lipinski definition) is 17. The lowest BCUT2D eigenvalue weighted by Gasteiger charge is -2.25. The van der Waals surface area contributed by atoms with Crippen LogP contribution < -0.4 is 0 Å². The molecule has 17 heteroatoms.